The molecule has 1 N–H and O–H groups in total. The molecule has 0 aliphatic carbocycles. The van der Waals surface area contributed by atoms with Crippen LogP contribution in [0.25, 0.3) is 0 Å². The molecule has 2 unspecified atom stereocenters. The molecule has 0 aliphatic heterocycles. The van der Waals surface area contributed by atoms with Crippen molar-refractivity contribution in [2.24, 2.45) is 5.92 Å². The first-order chi connectivity index (χ1) is 9.69. The van der Waals surface area contributed by atoms with Crippen LogP contribution in [-0.4, -0.2) is 25.8 Å². The van der Waals surface area contributed by atoms with Crippen LogP contribution in [0.3, 0.4) is 0 Å². The summed E-state index contributed by atoms with van der Waals surface area (Å²) >= 11 is 0. The topological polar surface area (TPSA) is 30.5 Å². The molecule has 0 saturated carbocycles. The maximum atomic E-state index is 5.86. The molecule has 1 aromatic rings. The van der Waals surface area contributed by atoms with E-state index in [9.17, 15) is 0 Å². The minimum atomic E-state index is 0.528. The van der Waals surface area contributed by atoms with Crippen LogP contribution in [0.15, 0.2) is 24.3 Å². The third-order valence-corrected chi connectivity index (χ3v) is 3.55. The van der Waals surface area contributed by atoms with Crippen LogP contribution in [0.1, 0.15) is 40.5 Å². The van der Waals surface area contributed by atoms with Crippen molar-refractivity contribution in [3.8, 4) is 11.5 Å². The minimum Gasteiger partial charge on any atom is -0.490 e. The molecule has 0 aliphatic rings. The van der Waals surface area contributed by atoms with Crippen molar-refractivity contribution in [1.82, 2.24) is 5.32 Å². The zero-order chi connectivity index (χ0) is 14.8. The molecule has 1 aromatic carbocycles. The van der Waals surface area contributed by atoms with Crippen molar-refractivity contribution in [1.29, 1.82) is 0 Å². The molecular formula is C17H29NO2. The van der Waals surface area contributed by atoms with Gasteiger partial charge in [0.25, 0.3) is 0 Å². The van der Waals surface area contributed by atoms with E-state index in [-0.39, 0.29) is 0 Å². The SMILES string of the molecule is CCCNC(C)C(C)CCOc1ccccc1OCC. The van der Waals surface area contributed by atoms with Gasteiger partial charge in [-0.25, -0.2) is 0 Å². The second-order valence-corrected chi connectivity index (χ2v) is 5.24. The van der Waals surface area contributed by atoms with Gasteiger partial charge in [0.2, 0.25) is 0 Å². The third kappa shape index (κ3) is 5.83. The van der Waals surface area contributed by atoms with E-state index in [1.54, 1.807) is 0 Å². The first-order valence-corrected chi connectivity index (χ1v) is 7.77. The molecule has 1 rings (SSSR count). The predicted octanol–water partition coefficient (Wildman–Crippen LogP) is 3.88. The zero-order valence-corrected chi connectivity index (χ0v) is 13.3. The molecule has 20 heavy (non-hydrogen) atoms. The maximum absolute atomic E-state index is 5.86. The Kier molecular flexibility index (Phi) is 8.12. The molecule has 0 heterocycles. The van der Waals surface area contributed by atoms with Gasteiger partial charge in [-0.2, -0.15) is 0 Å². The molecular weight excluding hydrogens is 250 g/mol. The Morgan fingerprint density at radius 2 is 1.70 bits per heavy atom. The molecule has 0 saturated heterocycles. The molecule has 0 aromatic heterocycles. The van der Waals surface area contributed by atoms with E-state index in [1.165, 1.54) is 6.42 Å². The molecule has 0 fully saturated rings. The van der Waals surface area contributed by atoms with E-state index in [4.69, 9.17) is 9.47 Å². The van der Waals surface area contributed by atoms with E-state index in [0.717, 1.165) is 31.1 Å². The normalized spacial score (nSPS) is 13.8. The van der Waals surface area contributed by atoms with Crippen LogP contribution in [0.5, 0.6) is 11.5 Å². The Morgan fingerprint density at radius 1 is 1.05 bits per heavy atom. The van der Waals surface area contributed by atoms with E-state index in [1.807, 2.05) is 31.2 Å². The van der Waals surface area contributed by atoms with E-state index < -0.39 is 0 Å². The Labute approximate surface area is 123 Å². The monoisotopic (exact) mass is 279 g/mol. The van der Waals surface area contributed by atoms with Crippen LogP contribution in [-0.2, 0) is 0 Å². The standard InChI is InChI=1S/C17H29NO2/c1-5-12-18-15(4)14(3)11-13-20-17-10-8-7-9-16(17)19-6-2/h7-10,14-15,18H,5-6,11-13H2,1-4H3. The van der Waals surface area contributed by atoms with Crippen molar-refractivity contribution >= 4 is 0 Å². The molecule has 0 amide bonds. The lowest BCUT2D eigenvalue weighted by Gasteiger charge is -2.21. The highest BCUT2D eigenvalue weighted by atomic mass is 16.5. The van der Waals surface area contributed by atoms with Gasteiger partial charge < -0.3 is 14.8 Å². The van der Waals surface area contributed by atoms with Gasteiger partial charge in [-0.05, 0) is 51.3 Å². The first kappa shape index (κ1) is 16.8. The van der Waals surface area contributed by atoms with Gasteiger partial charge in [0.1, 0.15) is 0 Å². The molecule has 0 radical (unpaired) electrons. The van der Waals surface area contributed by atoms with Crippen LogP contribution in [0, 0.1) is 5.92 Å². The Balaban J connectivity index is 2.36. The highest BCUT2D eigenvalue weighted by molar-refractivity contribution is 5.39. The van der Waals surface area contributed by atoms with E-state index >= 15 is 0 Å². The summed E-state index contributed by atoms with van der Waals surface area (Å²) < 4.78 is 11.4. The Morgan fingerprint density at radius 3 is 2.30 bits per heavy atom. The maximum Gasteiger partial charge on any atom is 0.161 e. The predicted molar refractivity (Wildman–Crippen MR) is 84.6 cm³/mol. The number of hydrogen-bond donors (Lipinski definition) is 1. The number of benzene rings is 1. The number of rotatable bonds is 10. The minimum absolute atomic E-state index is 0.528. The van der Waals surface area contributed by atoms with Gasteiger partial charge in [-0.15, -0.1) is 0 Å². The largest absolute Gasteiger partial charge is 0.490 e. The van der Waals surface area contributed by atoms with Crippen LogP contribution in [0.4, 0.5) is 0 Å². The summed E-state index contributed by atoms with van der Waals surface area (Å²) in [6.07, 6.45) is 2.22. The second kappa shape index (κ2) is 9.65. The first-order valence-electron chi connectivity index (χ1n) is 7.77. The molecule has 0 spiro atoms. The zero-order valence-electron chi connectivity index (χ0n) is 13.3. The van der Waals surface area contributed by atoms with Crippen molar-refractivity contribution < 1.29 is 9.47 Å². The fraction of sp³-hybridized carbons (Fsp3) is 0.647. The molecule has 3 nitrogen and oxygen atoms in total. The average molecular weight is 279 g/mol. The number of nitrogens with one attached hydrogen (secondary N) is 1. The quantitative estimate of drug-likeness (QED) is 0.705. The smallest absolute Gasteiger partial charge is 0.161 e. The summed E-state index contributed by atoms with van der Waals surface area (Å²) in [7, 11) is 0. The highest BCUT2D eigenvalue weighted by Gasteiger charge is 2.12. The van der Waals surface area contributed by atoms with Gasteiger partial charge in [0.05, 0.1) is 13.2 Å². The summed E-state index contributed by atoms with van der Waals surface area (Å²) in [5, 5.41) is 3.53. The summed E-state index contributed by atoms with van der Waals surface area (Å²) in [4.78, 5) is 0. The van der Waals surface area contributed by atoms with E-state index in [2.05, 4.69) is 26.1 Å². The van der Waals surface area contributed by atoms with Gasteiger partial charge in [0.15, 0.2) is 11.5 Å². The lowest BCUT2D eigenvalue weighted by Crippen LogP contribution is -2.33. The lowest BCUT2D eigenvalue weighted by atomic mass is 10.0. The van der Waals surface area contributed by atoms with Crippen LogP contribution < -0.4 is 14.8 Å². The van der Waals surface area contributed by atoms with Crippen LogP contribution in [0.2, 0.25) is 0 Å². The van der Waals surface area contributed by atoms with Crippen molar-refractivity contribution in [2.75, 3.05) is 19.8 Å². The molecule has 114 valence electrons. The van der Waals surface area contributed by atoms with Crippen molar-refractivity contribution in [3.63, 3.8) is 0 Å². The summed E-state index contributed by atoms with van der Waals surface area (Å²) in [6, 6.07) is 8.40. The number of ether oxygens (including phenoxy) is 2. The van der Waals surface area contributed by atoms with Crippen molar-refractivity contribution in [3.05, 3.63) is 24.3 Å². The van der Waals surface area contributed by atoms with Gasteiger partial charge in [0, 0.05) is 6.04 Å². The van der Waals surface area contributed by atoms with Gasteiger partial charge >= 0.3 is 0 Å². The third-order valence-electron chi connectivity index (χ3n) is 3.55. The summed E-state index contributed by atoms with van der Waals surface area (Å²) in [5.41, 5.74) is 0. The number of hydrogen-bond acceptors (Lipinski definition) is 3. The Hall–Kier alpha value is -1.22. The molecule has 0 bridgehead atoms. The summed E-state index contributed by atoms with van der Waals surface area (Å²) in [5.74, 6) is 2.27. The van der Waals surface area contributed by atoms with Gasteiger partial charge in [-0.1, -0.05) is 26.0 Å². The molecule has 3 heteroatoms. The molecule has 2 atom stereocenters. The fourth-order valence-corrected chi connectivity index (χ4v) is 2.02. The lowest BCUT2D eigenvalue weighted by molar-refractivity contribution is 0.244. The summed E-state index contributed by atoms with van der Waals surface area (Å²) in [6.45, 7) is 11.2. The Bertz CT molecular complexity index is 368. The fourth-order valence-electron chi connectivity index (χ4n) is 2.02. The van der Waals surface area contributed by atoms with E-state index in [0.29, 0.717) is 18.6 Å². The number of para-hydroxylation sites is 2. The van der Waals surface area contributed by atoms with Crippen LogP contribution >= 0.6 is 0 Å². The van der Waals surface area contributed by atoms with Gasteiger partial charge in [-0.3, -0.25) is 0 Å². The second-order valence-electron chi connectivity index (χ2n) is 5.24. The average Bonchev–Trinajstić information content (AvgIpc) is 2.46. The highest BCUT2D eigenvalue weighted by Crippen LogP contribution is 2.26. The van der Waals surface area contributed by atoms with Crippen molar-refractivity contribution in [2.45, 2.75) is 46.6 Å².